The van der Waals surface area contributed by atoms with E-state index in [1.807, 2.05) is 0 Å². The number of para-hydroxylation sites is 1. The Morgan fingerprint density at radius 3 is 2.67 bits per heavy atom. The van der Waals surface area contributed by atoms with Crippen LogP contribution in [0.4, 0.5) is 5.69 Å². The molecule has 1 N–H and O–H groups in total. The van der Waals surface area contributed by atoms with Gasteiger partial charge >= 0.3 is 0 Å². The van der Waals surface area contributed by atoms with Crippen molar-refractivity contribution in [3.8, 4) is 0 Å². The second-order valence-corrected chi connectivity index (χ2v) is 6.18. The van der Waals surface area contributed by atoms with Crippen molar-refractivity contribution in [3.63, 3.8) is 0 Å². The second kappa shape index (κ2) is 5.75. The molecular formula is C16H25NO. The number of hydrogen-bond acceptors (Lipinski definition) is 2. The van der Waals surface area contributed by atoms with Crippen molar-refractivity contribution < 1.29 is 4.74 Å². The molecule has 2 nitrogen and oxygen atoms in total. The van der Waals surface area contributed by atoms with Crippen LogP contribution in [0.5, 0.6) is 0 Å². The number of rotatable bonds is 2. The average molecular weight is 247 g/mol. The van der Waals surface area contributed by atoms with Gasteiger partial charge in [-0.05, 0) is 36.3 Å². The first kappa shape index (κ1) is 13.4. The van der Waals surface area contributed by atoms with Crippen molar-refractivity contribution >= 4 is 5.69 Å². The van der Waals surface area contributed by atoms with Crippen molar-refractivity contribution in [1.29, 1.82) is 0 Å². The molecule has 2 rings (SSSR count). The lowest BCUT2D eigenvalue weighted by Crippen LogP contribution is -2.23. The SMILES string of the molecule is CC(C)(C)c1ccccc1NC1CCCOCC1. The zero-order valence-electron chi connectivity index (χ0n) is 11.8. The van der Waals surface area contributed by atoms with Gasteiger partial charge in [0, 0.05) is 24.9 Å². The van der Waals surface area contributed by atoms with E-state index in [0.717, 1.165) is 26.1 Å². The number of nitrogens with one attached hydrogen (secondary N) is 1. The van der Waals surface area contributed by atoms with Gasteiger partial charge in [-0.3, -0.25) is 0 Å². The summed E-state index contributed by atoms with van der Waals surface area (Å²) in [4.78, 5) is 0. The van der Waals surface area contributed by atoms with E-state index >= 15 is 0 Å². The normalized spacial score (nSPS) is 21.4. The van der Waals surface area contributed by atoms with Crippen LogP contribution in [0, 0.1) is 0 Å². The van der Waals surface area contributed by atoms with Gasteiger partial charge in [0.25, 0.3) is 0 Å². The van der Waals surface area contributed by atoms with Gasteiger partial charge in [-0.2, -0.15) is 0 Å². The molecule has 0 saturated carbocycles. The molecule has 0 bridgehead atoms. The van der Waals surface area contributed by atoms with E-state index in [1.165, 1.54) is 17.7 Å². The van der Waals surface area contributed by atoms with Crippen LogP contribution in [0.25, 0.3) is 0 Å². The minimum atomic E-state index is 0.185. The minimum absolute atomic E-state index is 0.185. The van der Waals surface area contributed by atoms with Gasteiger partial charge in [0.1, 0.15) is 0 Å². The summed E-state index contributed by atoms with van der Waals surface area (Å²) >= 11 is 0. The van der Waals surface area contributed by atoms with E-state index in [4.69, 9.17) is 4.74 Å². The Morgan fingerprint density at radius 2 is 1.89 bits per heavy atom. The highest BCUT2D eigenvalue weighted by molar-refractivity contribution is 5.54. The molecule has 0 radical (unpaired) electrons. The third kappa shape index (κ3) is 3.49. The van der Waals surface area contributed by atoms with Crippen LogP contribution in [0.3, 0.4) is 0 Å². The van der Waals surface area contributed by atoms with Gasteiger partial charge in [-0.25, -0.2) is 0 Å². The maximum absolute atomic E-state index is 5.52. The van der Waals surface area contributed by atoms with Crippen LogP contribution in [0.1, 0.15) is 45.6 Å². The molecule has 2 heteroatoms. The number of hydrogen-bond donors (Lipinski definition) is 1. The molecule has 0 amide bonds. The topological polar surface area (TPSA) is 21.3 Å². The molecule has 1 heterocycles. The smallest absolute Gasteiger partial charge is 0.0485 e. The van der Waals surface area contributed by atoms with Crippen molar-refractivity contribution in [2.24, 2.45) is 0 Å². The molecule has 0 aromatic heterocycles. The van der Waals surface area contributed by atoms with Crippen LogP contribution in [0.2, 0.25) is 0 Å². The fourth-order valence-electron chi connectivity index (χ4n) is 2.53. The van der Waals surface area contributed by atoms with E-state index < -0.39 is 0 Å². The molecular weight excluding hydrogens is 222 g/mol. The monoisotopic (exact) mass is 247 g/mol. The fourth-order valence-corrected chi connectivity index (χ4v) is 2.53. The number of benzene rings is 1. The molecule has 1 atom stereocenters. The lowest BCUT2D eigenvalue weighted by molar-refractivity contribution is 0.144. The van der Waals surface area contributed by atoms with Crippen LogP contribution < -0.4 is 5.32 Å². The summed E-state index contributed by atoms with van der Waals surface area (Å²) in [7, 11) is 0. The van der Waals surface area contributed by atoms with Crippen molar-refractivity contribution in [2.45, 2.75) is 51.5 Å². The molecule has 100 valence electrons. The summed E-state index contributed by atoms with van der Waals surface area (Å²) in [5.74, 6) is 0. The molecule has 1 aliphatic rings. The van der Waals surface area contributed by atoms with E-state index in [0.29, 0.717) is 6.04 Å². The second-order valence-electron chi connectivity index (χ2n) is 6.18. The van der Waals surface area contributed by atoms with E-state index in [9.17, 15) is 0 Å². The number of anilines is 1. The third-order valence-corrected chi connectivity index (χ3v) is 3.55. The van der Waals surface area contributed by atoms with Crippen LogP contribution >= 0.6 is 0 Å². The average Bonchev–Trinajstić information content (AvgIpc) is 2.57. The third-order valence-electron chi connectivity index (χ3n) is 3.55. The van der Waals surface area contributed by atoms with Crippen molar-refractivity contribution in [1.82, 2.24) is 0 Å². The van der Waals surface area contributed by atoms with Gasteiger partial charge in [-0.1, -0.05) is 39.0 Å². The zero-order chi connectivity index (χ0) is 13.0. The Hall–Kier alpha value is -1.02. The summed E-state index contributed by atoms with van der Waals surface area (Å²) in [5, 5.41) is 3.72. The van der Waals surface area contributed by atoms with Crippen LogP contribution in [-0.2, 0) is 10.2 Å². The molecule has 0 spiro atoms. The molecule has 1 unspecified atom stereocenters. The van der Waals surface area contributed by atoms with Crippen molar-refractivity contribution in [3.05, 3.63) is 29.8 Å². The summed E-state index contributed by atoms with van der Waals surface area (Å²) < 4.78 is 5.52. The molecule has 1 aliphatic heterocycles. The standard InChI is InChI=1S/C16H25NO/c1-16(2,3)14-8-4-5-9-15(14)17-13-7-6-11-18-12-10-13/h4-5,8-9,13,17H,6-7,10-12H2,1-3H3. The van der Waals surface area contributed by atoms with Crippen LogP contribution in [-0.4, -0.2) is 19.3 Å². The molecule has 1 saturated heterocycles. The predicted octanol–water partition coefficient (Wildman–Crippen LogP) is 3.97. The van der Waals surface area contributed by atoms with Crippen molar-refractivity contribution in [2.75, 3.05) is 18.5 Å². The first-order valence-corrected chi connectivity index (χ1v) is 7.01. The highest BCUT2D eigenvalue weighted by Gasteiger charge is 2.19. The van der Waals surface area contributed by atoms with Gasteiger partial charge in [0.05, 0.1) is 0 Å². The quantitative estimate of drug-likeness (QED) is 0.854. The minimum Gasteiger partial charge on any atom is -0.382 e. The Labute approximate surface area is 111 Å². The predicted molar refractivity (Wildman–Crippen MR) is 77.2 cm³/mol. The molecule has 1 fully saturated rings. The first-order chi connectivity index (χ1) is 8.57. The Bertz CT molecular complexity index is 373. The maximum Gasteiger partial charge on any atom is 0.0485 e. The molecule has 1 aromatic carbocycles. The summed E-state index contributed by atoms with van der Waals surface area (Å²) in [6.45, 7) is 8.60. The molecule has 18 heavy (non-hydrogen) atoms. The Morgan fingerprint density at radius 1 is 1.11 bits per heavy atom. The zero-order valence-corrected chi connectivity index (χ0v) is 11.8. The summed E-state index contributed by atoms with van der Waals surface area (Å²) in [5.41, 5.74) is 2.87. The highest BCUT2D eigenvalue weighted by Crippen LogP contribution is 2.30. The summed E-state index contributed by atoms with van der Waals surface area (Å²) in [6, 6.07) is 9.23. The van der Waals surface area contributed by atoms with Gasteiger partial charge < -0.3 is 10.1 Å². The Balaban J connectivity index is 2.13. The van der Waals surface area contributed by atoms with Gasteiger partial charge in [0.15, 0.2) is 0 Å². The van der Waals surface area contributed by atoms with E-state index in [2.05, 4.69) is 50.4 Å². The largest absolute Gasteiger partial charge is 0.382 e. The fraction of sp³-hybridized carbons (Fsp3) is 0.625. The molecule has 1 aromatic rings. The molecule has 0 aliphatic carbocycles. The number of ether oxygens (including phenoxy) is 1. The summed E-state index contributed by atoms with van der Waals surface area (Å²) in [6.07, 6.45) is 3.48. The maximum atomic E-state index is 5.52. The van der Waals surface area contributed by atoms with E-state index in [1.54, 1.807) is 0 Å². The lowest BCUT2D eigenvalue weighted by atomic mass is 9.85. The lowest BCUT2D eigenvalue weighted by Gasteiger charge is -2.26. The van der Waals surface area contributed by atoms with Crippen LogP contribution in [0.15, 0.2) is 24.3 Å². The van der Waals surface area contributed by atoms with Gasteiger partial charge in [-0.15, -0.1) is 0 Å². The van der Waals surface area contributed by atoms with Gasteiger partial charge in [0.2, 0.25) is 0 Å². The van der Waals surface area contributed by atoms with E-state index in [-0.39, 0.29) is 5.41 Å². The Kier molecular flexibility index (Phi) is 4.28. The first-order valence-electron chi connectivity index (χ1n) is 7.01. The highest BCUT2D eigenvalue weighted by atomic mass is 16.5.